The normalized spacial score (nSPS) is 21.4. The van der Waals surface area contributed by atoms with Crippen LogP contribution in [0.25, 0.3) is 0 Å². The zero-order valence-electron chi connectivity index (χ0n) is 6.38. The molecule has 0 bridgehead atoms. The maximum absolute atomic E-state index is 10.6. The summed E-state index contributed by atoms with van der Waals surface area (Å²) in [5.41, 5.74) is 1.09. The summed E-state index contributed by atoms with van der Waals surface area (Å²) in [5, 5.41) is 3.51. The van der Waals surface area contributed by atoms with Crippen LogP contribution < -0.4 is 5.32 Å². The van der Waals surface area contributed by atoms with Crippen molar-refractivity contribution in [3.63, 3.8) is 0 Å². The van der Waals surface area contributed by atoms with Gasteiger partial charge in [0, 0.05) is 5.02 Å². The SMILES string of the molecule is O=C1C[C@@H](c2cccc(Cl)c2)N1. The molecule has 1 heterocycles. The van der Waals surface area contributed by atoms with Crippen molar-refractivity contribution in [2.75, 3.05) is 0 Å². The van der Waals surface area contributed by atoms with E-state index in [1.807, 2.05) is 24.3 Å². The van der Waals surface area contributed by atoms with Crippen LogP contribution in [0.5, 0.6) is 0 Å². The summed E-state index contributed by atoms with van der Waals surface area (Å²) < 4.78 is 0. The molecule has 1 amide bonds. The van der Waals surface area contributed by atoms with E-state index >= 15 is 0 Å². The smallest absolute Gasteiger partial charge is 0.222 e. The minimum atomic E-state index is 0.111. The molecule has 1 atom stereocenters. The van der Waals surface area contributed by atoms with E-state index in [1.165, 1.54) is 0 Å². The molecular formula is C9H8ClNO. The van der Waals surface area contributed by atoms with Crippen molar-refractivity contribution in [2.24, 2.45) is 0 Å². The topological polar surface area (TPSA) is 29.1 Å². The first kappa shape index (κ1) is 7.62. The lowest BCUT2D eigenvalue weighted by atomic mass is 9.97. The summed E-state index contributed by atoms with van der Waals surface area (Å²) in [7, 11) is 0. The Morgan fingerprint density at radius 3 is 2.83 bits per heavy atom. The molecule has 1 aliphatic heterocycles. The number of rotatable bonds is 1. The van der Waals surface area contributed by atoms with E-state index in [2.05, 4.69) is 5.32 Å². The van der Waals surface area contributed by atoms with Crippen molar-refractivity contribution in [3.8, 4) is 0 Å². The molecule has 1 fully saturated rings. The van der Waals surface area contributed by atoms with Crippen molar-refractivity contribution in [2.45, 2.75) is 12.5 Å². The Morgan fingerprint density at radius 1 is 1.50 bits per heavy atom. The molecular weight excluding hydrogens is 174 g/mol. The van der Waals surface area contributed by atoms with E-state index in [9.17, 15) is 4.79 Å². The first-order chi connectivity index (χ1) is 5.75. The quantitative estimate of drug-likeness (QED) is 0.659. The van der Waals surface area contributed by atoms with E-state index in [4.69, 9.17) is 11.6 Å². The van der Waals surface area contributed by atoms with Crippen LogP contribution in [0, 0.1) is 0 Å². The second kappa shape index (κ2) is 2.79. The van der Waals surface area contributed by atoms with Gasteiger partial charge < -0.3 is 5.32 Å². The molecule has 1 saturated heterocycles. The predicted octanol–water partition coefficient (Wildman–Crippen LogP) is 1.90. The van der Waals surface area contributed by atoms with Crippen LogP contribution in [-0.2, 0) is 4.79 Å². The van der Waals surface area contributed by atoms with E-state index in [-0.39, 0.29) is 11.9 Å². The number of carbonyl (C=O) groups excluding carboxylic acids is 1. The lowest BCUT2D eigenvalue weighted by Crippen LogP contribution is -2.41. The zero-order valence-corrected chi connectivity index (χ0v) is 7.14. The summed E-state index contributed by atoms with van der Waals surface area (Å²) in [6.45, 7) is 0. The summed E-state index contributed by atoms with van der Waals surface area (Å²) in [5.74, 6) is 0.111. The Hall–Kier alpha value is -1.02. The number of nitrogens with one attached hydrogen (secondary N) is 1. The molecule has 0 unspecified atom stereocenters. The average molecular weight is 182 g/mol. The van der Waals surface area contributed by atoms with E-state index in [0.717, 1.165) is 5.56 Å². The fourth-order valence-corrected chi connectivity index (χ4v) is 1.48. The molecule has 1 aromatic rings. The highest BCUT2D eigenvalue weighted by molar-refractivity contribution is 6.30. The minimum absolute atomic E-state index is 0.111. The zero-order chi connectivity index (χ0) is 8.55. The van der Waals surface area contributed by atoms with E-state index in [0.29, 0.717) is 11.4 Å². The van der Waals surface area contributed by atoms with Crippen molar-refractivity contribution in [3.05, 3.63) is 34.9 Å². The van der Waals surface area contributed by atoms with Gasteiger partial charge in [0.1, 0.15) is 0 Å². The summed E-state index contributed by atoms with van der Waals surface area (Å²) in [6, 6.07) is 7.74. The fourth-order valence-electron chi connectivity index (χ4n) is 1.28. The number of β-lactam (4-membered cyclic amide) rings is 1. The molecule has 2 nitrogen and oxygen atoms in total. The molecule has 0 spiro atoms. The molecule has 3 heteroatoms. The molecule has 0 saturated carbocycles. The highest BCUT2D eigenvalue weighted by Crippen LogP contribution is 2.25. The second-order valence-electron chi connectivity index (χ2n) is 2.88. The number of halogens is 1. The largest absolute Gasteiger partial charge is 0.349 e. The Labute approximate surface area is 75.5 Å². The van der Waals surface area contributed by atoms with Gasteiger partial charge in [-0.1, -0.05) is 23.7 Å². The minimum Gasteiger partial charge on any atom is -0.349 e. The van der Waals surface area contributed by atoms with Crippen molar-refractivity contribution in [1.29, 1.82) is 0 Å². The molecule has 62 valence electrons. The van der Waals surface area contributed by atoms with E-state index in [1.54, 1.807) is 0 Å². The highest BCUT2D eigenvalue weighted by atomic mass is 35.5. The highest BCUT2D eigenvalue weighted by Gasteiger charge is 2.26. The molecule has 12 heavy (non-hydrogen) atoms. The molecule has 2 rings (SSSR count). The molecule has 1 aromatic carbocycles. The van der Waals surface area contributed by atoms with Crippen LogP contribution in [0.2, 0.25) is 5.02 Å². The summed E-state index contributed by atoms with van der Waals surface area (Å²) in [6.07, 6.45) is 0.584. The van der Waals surface area contributed by atoms with Crippen molar-refractivity contribution in [1.82, 2.24) is 5.32 Å². The number of amides is 1. The Morgan fingerprint density at radius 2 is 2.25 bits per heavy atom. The van der Waals surface area contributed by atoms with Gasteiger partial charge in [-0.3, -0.25) is 4.79 Å². The van der Waals surface area contributed by atoms with Crippen LogP contribution >= 0.6 is 11.6 Å². The lowest BCUT2D eigenvalue weighted by molar-refractivity contribution is -0.128. The van der Waals surface area contributed by atoms with Gasteiger partial charge in [-0.2, -0.15) is 0 Å². The number of carbonyl (C=O) groups is 1. The van der Waals surface area contributed by atoms with Gasteiger partial charge in [0.25, 0.3) is 0 Å². The summed E-state index contributed by atoms with van der Waals surface area (Å²) in [4.78, 5) is 10.6. The molecule has 1 aliphatic rings. The first-order valence-corrected chi connectivity index (χ1v) is 4.18. The number of hydrogen-bond donors (Lipinski definition) is 1. The van der Waals surface area contributed by atoms with Crippen molar-refractivity contribution < 1.29 is 4.79 Å². The Kier molecular flexibility index (Phi) is 1.77. The number of hydrogen-bond acceptors (Lipinski definition) is 1. The molecule has 0 aromatic heterocycles. The predicted molar refractivity (Wildman–Crippen MR) is 47.0 cm³/mol. The fraction of sp³-hybridized carbons (Fsp3) is 0.222. The lowest BCUT2D eigenvalue weighted by Gasteiger charge is -2.27. The van der Waals surface area contributed by atoms with Gasteiger partial charge in [-0.25, -0.2) is 0 Å². The maximum Gasteiger partial charge on any atom is 0.222 e. The van der Waals surface area contributed by atoms with Crippen LogP contribution in [0.4, 0.5) is 0 Å². The molecule has 0 radical (unpaired) electrons. The molecule has 1 N–H and O–H groups in total. The van der Waals surface area contributed by atoms with Gasteiger partial charge in [0.15, 0.2) is 0 Å². The Bertz CT molecular complexity index is 316. The third-order valence-corrected chi connectivity index (χ3v) is 2.21. The van der Waals surface area contributed by atoms with Crippen LogP contribution in [0.1, 0.15) is 18.0 Å². The maximum atomic E-state index is 10.6. The second-order valence-corrected chi connectivity index (χ2v) is 3.32. The van der Waals surface area contributed by atoms with Crippen LogP contribution in [0.3, 0.4) is 0 Å². The third-order valence-electron chi connectivity index (χ3n) is 1.98. The van der Waals surface area contributed by atoms with Gasteiger partial charge in [-0.15, -0.1) is 0 Å². The monoisotopic (exact) mass is 181 g/mol. The Balaban J connectivity index is 2.18. The summed E-state index contributed by atoms with van der Waals surface area (Å²) >= 11 is 5.79. The van der Waals surface area contributed by atoms with Crippen LogP contribution in [0.15, 0.2) is 24.3 Å². The molecule has 0 aliphatic carbocycles. The van der Waals surface area contributed by atoms with Gasteiger partial charge in [0.05, 0.1) is 12.5 Å². The first-order valence-electron chi connectivity index (χ1n) is 3.80. The van der Waals surface area contributed by atoms with Gasteiger partial charge >= 0.3 is 0 Å². The van der Waals surface area contributed by atoms with E-state index < -0.39 is 0 Å². The standard InChI is InChI=1S/C9H8ClNO/c10-7-3-1-2-6(4-7)8-5-9(12)11-8/h1-4,8H,5H2,(H,11,12)/t8-/m0/s1. The van der Waals surface area contributed by atoms with Gasteiger partial charge in [0.2, 0.25) is 5.91 Å². The van der Waals surface area contributed by atoms with Gasteiger partial charge in [-0.05, 0) is 17.7 Å². The third kappa shape index (κ3) is 1.30. The van der Waals surface area contributed by atoms with Crippen molar-refractivity contribution >= 4 is 17.5 Å². The number of benzene rings is 1. The van der Waals surface area contributed by atoms with Crippen LogP contribution in [-0.4, -0.2) is 5.91 Å². The average Bonchev–Trinajstić information content (AvgIpc) is 1.99.